The van der Waals surface area contributed by atoms with Gasteiger partial charge in [-0.25, -0.2) is 0 Å². The lowest BCUT2D eigenvalue weighted by atomic mass is 9.82. The molecule has 0 aromatic carbocycles. The number of hydrogen-bond donors (Lipinski definition) is 1. The van der Waals surface area contributed by atoms with Crippen molar-refractivity contribution in [2.45, 2.75) is 45.6 Å². The molecule has 1 aliphatic rings. The first-order chi connectivity index (χ1) is 5.42. The fraction of sp³-hybridized carbons (Fsp3) is 0.900. The maximum atomic E-state index is 9.95. The third-order valence-electron chi connectivity index (χ3n) is 3.03. The highest BCUT2D eigenvalue weighted by atomic mass is 16.3. The van der Waals surface area contributed by atoms with Gasteiger partial charge >= 0.3 is 0 Å². The van der Waals surface area contributed by atoms with Gasteiger partial charge in [0.2, 0.25) is 0 Å². The highest BCUT2D eigenvalue weighted by Crippen LogP contribution is 2.51. The monoisotopic (exact) mass is 167 g/mol. The Morgan fingerprint density at radius 1 is 1.58 bits per heavy atom. The van der Waals surface area contributed by atoms with Crippen LogP contribution in [0, 0.1) is 22.7 Å². The summed E-state index contributed by atoms with van der Waals surface area (Å²) in [5.74, 6) is 0.225. The number of nitrogens with zero attached hydrogens (tertiary/aromatic N) is 1. The third kappa shape index (κ3) is 1.78. The summed E-state index contributed by atoms with van der Waals surface area (Å²) in [6.07, 6.45) is 2.56. The van der Waals surface area contributed by atoms with E-state index in [9.17, 15) is 5.11 Å². The third-order valence-corrected chi connectivity index (χ3v) is 3.03. The van der Waals surface area contributed by atoms with E-state index in [4.69, 9.17) is 5.26 Å². The van der Waals surface area contributed by atoms with Crippen LogP contribution in [0.1, 0.15) is 40.0 Å². The fourth-order valence-corrected chi connectivity index (χ4v) is 1.37. The van der Waals surface area contributed by atoms with E-state index in [0.717, 1.165) is 12.8 Å². The Morgan fingerprint density at radius 3 is 2.33 bits per heavy atom. The van der Waals surface area contributed by atoms with Crippen molar-refractivity contribution in [3.63, 3.8) is 0 Å². The molecule has 2 nitrogen and oxygen atoms in total. The summed E-state index contributed by atoms with van der Waals surface area (Å²) in [5.41, 5.74) is -0.861. The van der Waals surface area contributed by atoms with E-state index in [1.807, 2.05) is 20.8 Å². The number of nitriles is 1. The molecule has 1 saturated carbocycles. The van der Waals surface area contributed by atoms with Crippen LogP contribution in [0.3, 0.4) is 0 Å². The summed E-state index contributed by atoms with van der Waals surface area (Å²) >= 11 is 0. The largest absolute Gasteiger partial charge is 0.390 e. The molecule has 0 amide bonds. The first-order valence-corrected chi connectivity index (χ1v) is 4.55. The predicted molar refractivity (Wildman–Crippen MR) is 47.4 cm³/mol. The zero-order chi connectivity index (χ0) is 9.41. The second-order valence-electron chi connectivity index (χ2n) is 4.58. The number of hydrogen-bond acceptors (Lipinski definition) is 2. The number of aliphatic hydroxyl groups is 1. The van der Waals surface area contributed by atoms with Crippen molar-refractivity contribution in [1.82, 2.24) is 0 Å². The number of rotatable bonds is 3. The van der Waals surface area contributed by atoms with Gasteiger partial charge in [-0.15, -0.1) is 0 Å². The predicted octanol–water partition coefficient (Wildman–Crippen LogP) is 2.09. The van der Waals surface area contributed by atoms with E-state index in [-0.39, 0.29) is 11.3 Å². The highest BCUT2D eigenvalue weighted by Gasteiger charge is 2.48. The molecule has 0 aliphatic heterocycles. The van der Waals surface area contributed by atoms with E-state index in [1.54, 1.807) is 0 Å². The van der Waals surface area contributed by atoms with Crippen molar-refractivity contribution >= 4 is 0 Å². The van der Waals surface area contributed by atoms with Gasteiger partial charge in [0, 0.05) is 0 Å². The summed E-state index contributed by atoms with van der Waals surface area (Å²) in [7, 11) is 0. The van der Waals surface area contributed by atoms with Crippen LogP contribution in [-0.4, -0.2) is 10.7 Å². The zero-order valence-electron chi connectivity index (χ0n) is 8.09. The molecule has 0 heterocycles. The van der Waals surface area contributed by atoms with Crippen molar-refractivity contribution < 1.29 is 5.11 Å². The topological polar surface area (TPSA) is 44.0 Å². The first-order valence-electron chi connectivity index (χ1n) is 4.55. The van der Waals surface area contributed by atoms with Gasteiger partial charge in [-0.2, -0.15) is 5.26 Å². The van der Waals surface area contributed by atoms with E-state index >= 15 is 0 Å². The smallest absolute Gasteiger partial charge is 0.0690 e. The molecule has 1 rings (SSSR count). The molecular weight excluding hydrogens is 150 g/mol. The second kappa shape index (κ2) is 2.74. The Labute approximate surface area is 74.2 Å². The lowest BCUT2D eigenvalue weighted by molar-refractivity contribution is -0.00662. The Bertz CT molecular complexity index is 208. The van der Waals surface area contributed by atoms with Crippen LogP contribution in [0.4, 0.5) is 0 Å². The van der Waals surface area contributed by atoms with E-state index in [1.165, 1.54) is 0 Å². The summed E-state index contributed by atoms with van der Waals surface area (Å²) in [4.78, 5) is 0. The van der Waals surface area contributed by atoms with Crippen molar-refractivity contribution in [3.8, 4) is 6.07 Å². The van der Waals surface area contributed by atoms with Gasteiger partial charge in [-0.3, -0.25) is 0 Å². The molecule has 0 aromatic heterocycles. The average molecular weight is 167 g/mol. The molecule has 0 spiro atoms. The molecule has 68 valence electrons. The summed E-state index contributed by atoms with van der Waals surface area (Å²) in [6.45, 7) is 5.82. The fourth-order valence-electron chi connectivity index (χ4n) is 1.37. The molecule has 1 N–H and O–H groups in total. The summed E-state index contributed by atoms with van der Waals surface area (Å²) in [6, 6.07) is 2.30. The van der Waals surface area contributed by atoms with Crippen LogP contribution in [-0.2, 0) is 0 Å². The Kier molecular flexibility index (Phi) is 2.18. The molecule has 0 aromatic rings. The van der Waals surface area contributed by atoms with Gasteiger partial charge in [-0.05, 0) is 32.1 Å². The van der Waals surface area contributed by atoms with Gasteiger partial charge in [0.05, 0.1) is 17.1 Å². The first kappa shape index (κ1) is 9.54. The normalized spacial score (nSPS) is 24.7. The molecule has 1 fully saturated rings. The molecule has 2 heteroatoms. The van der Waals surface area contributed by atoms with Crippen LogP contribution in [0.2, 0.25) is 0 Å². The van der Waals surface area contributed by atoms with Crippen molar-refractivity contribution in [2.75, 3.05) is 0 Å². The highest BCUT2D eigenvalue weighted by molar-refractivity contribution is 5.12. The minimum Gasteiger partial charge on any atom is -0.390 e. The van der Waals surface area contributed by atoms with Crippen LogP contribution >= 0.6 is 0 Å². The van der Waals surface area contributed by atoms with E-state index in [2.05, 4.69) is 6.07 Å². The second-order valence-corrected chi connectivity index (χ2v) is 4.58. The molecular formula is C10H17NO. The molecule has 0 bridgehead atoms. The standard InChI is InChI=1S/C10H17NO/c1-8(2)9(3,12)6-10(7-11)4-5-10/h8,12H,4-6H2,1-3H3. The maximum absolute atomic E-state index is 9.95. The Balaban J connectivity index is 2.57. The quantitative estimate of drug-likeness (QED) is 0.699. The minimum absolute atomic E-state index is 0.187. The molecule has 1 unspecified atom stereocenters. The molecule has 0 saturated heterocycles. The SMILES string of the molecule is CC(C)C(C)(O)CC1(C#N)CC1. The van der Waals surface area contributed by atoms with E-state index < -0.39 is 5.60 Å². The van der Waals surface area contributed by atoms with Gasteiger partial charge in [0.1, 0.15) is 0 Å². The maximum Gasteiger partial charge on any atom is 0.0690 e. The van der Waals surface area contributed by atoms with E-state index in [0.29, 0.717) is 6.42 Å². The molecule has 12 heavy (non-hydrogen) atoms. The minimum atomic E-state index is -0.674. The average Bonchev–Trinajstić information content (AvgIpc) is 2.68. The van der Waals surface area contributed by atoms with Crippen molar-refractivity contribution in [2.24, 2.45) is 11.3 Å². The summed E-state index contributed by atoms with van der Waals surface area (Å²) < 4.78 is 0. The van der Waals surface area contributed by atoms with Crippen LogP contribution < -0.4 is 0 Å². The van der Waals surface area contributed by atoms with Gasteiger partial charge in [-0.1, -0.05) is 13.8 Å². The van der Waals surface area contributed by atoms with Crippen LogP contribution in [0.5, 0.6) is 0 Å². The van der Waals surface area contributed by atoms with Gasteiger partial charge in [0.25, 0.3) is 0 Å². The Hall–Kier alpha value is -0.550. The van der Waals surface area contributed by atoms with Gasteiger partial charge < -0.3 is 5.11 Å². The van der Waals surface area contributed by atoms with Crippen LogP contribution in [0.25, 0.3) is 0 Å². The Morgan fingerprint density at radius 2 is 2.08 bits per heavy atom. The van der Waals surface area contributed by atoms with Crippen molar-refractivity contribution in [3.05, 3.63) is 0 Å². The zero-order valence-corrected chi connectivity index (χ0v) is 8.09. The van der Waals surface area contributed by atoms with Crippen LogP contribution in [0.15, 0.2) is 0 Å². The molecule has 1 aliphatic carbocycles. The van der Waals surface area contributed by atoms with Gasteiger partial charge in [0.15, 0.2) is 0 Å². The summed E-state index contributed by atoms with van der Waals surface area (Å²) in [5, 5.41) is 18.8. The molecule has 0 radical (unpaired) electrons. The lowest BCUT2D eigenvalue weighted by Crippen LogP contribution is -2.33. The molecule has 1 atom stereocenters. The lowest BCUT2D eigenvalue weighted by Gasteiger charge is -2.29. The van der Waals surface area contributed by atoms with Crippen molar-refractivity contribution in [1.29, 1.82) is 5.26 Å².